The molecule has 1 aromatic carbocycles. The van der Waals surface area contributed by atoms with E-state index < -0.39 is 0 Å². The summed E-state index contributed by atoms with van der Waals surface area (Å²) >= 11 is 5.80. The topological polar surface area (TPSA) is 38.3 Å². The van der Waals surface area contributed by atoms with Crippen molar-refractivity contribution in [3.8, 4) is 0 Å². The lowest BCUT2D eigenvalue weighted by molar-refractivity contribution is -0.147. The zero-order valence-corrected chi connectivity index (χ0v) is 11.7. The van der Waals surface area contributed by atoms with E-state index in [1.807, 2.05) is 38.1 Å². The quantitative estimate of drug-likeness (QED) is 0.611. The maximum Gasteiger partial charge on any atom is 0.308 e. The molecule has 0 aromatic heterocycles. The Labute approximate surface area is 113 Å². The zero-order chi connectivity index (χ0) is 13.4. The van der Waals surface area contributed by atoms with Crippen LogP contribution < -0.4 is 5.32 Å². The molecule has 0 aliphatic heterocycles. The number of nitrogens with one attached hydrogen (secondary N) is 1. The summed E-state index contributed by atoms with van der Waals surface area (Å²) in [6, 6.07) is 7.74. The van der Waals surface area contributed by atoms with E-state index in [2.05, 4.69) is 5.32 Å². The second-order valence-corrected chi connectivity index (χ2v) is 4.92. The number of benzene rings is 1. The molecule has 0 saturated carbocycles. The number of ether oxygens (including phenoxy) is 1. The molecule has 0 heterocycles. The van der Waals surface area contributed by atoms with Gasteiger partial charge in [-0.2, -0.15) is 0 Å². The van der Waals surface area contributed by atoms with Crippen LogP contribution in [0.5, 0.6) is 0 Å². The number of hydrogen-bond acceptors (Lipinski definition) is 3. The van der Waals surface area contributed by atoms with Crippen molar-refractivity contribution >= 4 is 17.6 Å². The number of halogens is 1. The minimum atomic E-state index is -0.132. The third-order valence-corrected chi connectivity index (χ3v) is 2.71. The van der Waals surface area contributed by atoms with E-state index in [1.54, 1.807) is 0 Å². The molecular weight excluding hydrogens is 250 g/mol. The molecule has 0 saturated heterocycles. The fraction of sp³-hybridized carbons (Fsp3) is 0.500. The third kappa shape index (κ3) is 6.03. The number of carbonyl (C=O) groups is 1. The molecular formula is C14H20ClNO2. The van der Waals surface area contributed by atoms with Gasteiger partial charge in [-0.05, 0) is 30.7 Å². The summed E-state index contributed by atoms with van der Waals surface area (Å²) in [7, 11) is 0. The molecule has 0 fully saturated rings. The van der Waals surface area contributed by atoms with Crippen LogP contribution in [-0.4, -0.2) is 19.1 Å². The van der Waals surface area contributed by atoms with Crippen molar-refractivity contribution < 1.29 is 9.53 Å². The van der Waals surface area contributed by atoms with Crippen LogP contribution in [0.1, 0.15) is 25.8 Å². The minimum absolute atomic E-state index is 0.0490. The van der Waals surface area contributed by atoms with Gasteiger partial charge >= 0.3 is 5.97 Å². The van der Waals surface area contributed by atoms with E-state index >= 15 is 0 Å². The Morgan fingerprint density at radius 1 is 1.33 bits per heavy atom. The van der Waals surface area contributed by atoms with Crippen LogP contribution in [0.25, 0.3) is 0 Å². The van der Waals surface area contributed by atoms with E-state index in [1.165, 1.54) is 5.56 Å². The first-order valence-corrected chi connectivity index (χ1v) is 6.59. The summed E-state index contributed by atoms with van der Waals surface area (Å²) in [6.07, 6.45) is 0.825. The zero-order valence-electron chi connectivity index (χ0n) is 10.9. The van der Waals surface area contributed by atoms with E-state index in [9.17, 15) is 4.79 Å². The van der Waals surface area contributed by atoms with Gasteiger partial charge in [-0.1, -0.05) is 37.6 Å². The van der Waals surface area contributed by atoms with Crippen LogP contribution in [0.2, 0.25) is 5.02 Å². The normalized spacial score (nSPS) is 10.7. The van der Waals surface area contributed by atoms with Crippen molar-refractivity contribution in [3.63, 3.8) is 0 Å². The van der Waals surface area contributed by atoms with Gasteiger partial charge < -0.3 is 10.1 Å². The summed E-state index contributed by atoms with van der Waals surface area (Å²) in [5, 5.41) is 4.04. The SMILES string of the molecule is CC(C)C(=O)OCCCNCc1ccc(Cl)cc1. The largest absolute Gasteiger partial charge is 0.465 e. The summed E-state index contributed by atoms with van der Waals surface area (Å²) in [5.41, 5.74) is 1.19. The van der Waals surface area contributed by atoms with Gasteiger partial charge in [0.05, 0.1) is 12.5 Å². The van der Waals surface area contributed by atoms with Crippen LogP contribution in [0.15, 0.2) is 24.3 Å². The molecule has 1 aromatic rings. The Hall–Kier alpha value is -1.06. The average molecular weight is 270 g/mol. The second-order valence-electron chi connectivity index (χ2n) is 4.48. The van der Waals surface area contributed by atoms with Crippen LogP contribution >= 0.6 is 11.6 Å². The van der Waals surface area contributed by atoms with E-state index in [4.69, 9.17) is 16.3 Å². The second kappa shape index (κ2) is 8.11. The van der Waals surface area contributed by atoms with Crippen molar-refractivity contribution in [1.29, 1.82) is 0 Å². The third-order valence-electron chi connectivity index (χ3n) is 2.46. The van der Waals surface area contributed by atoms with Crippen LogP contribution in [-0.2, 0) is 16.1 Å². The fourth-order valence-corrected chi connectivity index (χ4v) is 1.50. The smallest absolute Gasteiger partial charge is 0.308 e. The first-order chi connectivity index (χ1) is 8.59. The van der Waals surface area contributed by atoms with Gasteiger partial charge in [-0.25, -0.2) is 0 Å². The van der Waals surface area contributed by atoms with Crippen molar-refractivity contribution in [2.45, 2.75) is 26.8 Å². The minimum Gasteiger partial charge on any atom is -0.465 e. The first-order valence-electron chi connectivity index (χ1n) is 6.21. The number of carbonyl (C=O) groups excluding carboxylic acids is 1. The number of hydrogen-bond donors (Lipinski definition) is 1. The highest BCUT2D eigenvalue weighted by molar-refractivity contribution is 6.30. The highest BCUT2D eigenvalue weighted by Crippen LogP contribution is 2.08. The summed E-state index contributed by atoms with van der Waals surface area (Å²) in [5.74, 6) is -0.181. The molecule has 1 N–H and O–H groups in total. The highest BCUT2D eigenvalue weighted by atomic mass is 35.5. The summed E-state index contributed by atoms with van der Waals surface area (Å²) in [4.78, 5) is 11.2. The molecule has 0 unspecified atom stereocenters. The first kappa shape index (κ1) is 15.0. The van der Waals surface area contributed by atoms with Crippen LogP contribution in [0.4, 0.5) is 0 Å². The Kier molecular flexibility index (Phi) is 6.76. The van der Waals surface area contributed by atoms with Gasteiger partial charge in [-0.15, -0.1) is 0 Å². The molecule has 0 amide bonds. The highest BCUT2D eigenvalue weighted by Gasteiger charge is 2.06. The van der Waals surface area contributed by atoms with Gasteiger partial charge in [0, 0.05) is 11.6 Å². The molecule has 100 valence electrons. The predicted octanol–water partition coefficient (Wildman–Crippen LogP) is 3.02. The fourth-order valence-electron chi connectivity index (χ4n) is 1.37. The lowest BCUT2D eigenvalue weighted by Gasteiger charge is -2.08. The van der Waals surface area contributed by atoms with Crippen LogP contribution in [0.3, 0.4) is 0 Å². The standard InChI is InChI=1S/C14H20ClNO2/c1-11(2)14(17)18-9-3-8-16-10-12-4-6-13(15)7-5-12/h4-7,11,16H,3,8-10H2,1-2H3. The molecule has 1 rings (SSSR count). The number of esters is 1. The van der Waals surface area contributed by atoms with Gasteiger partial charge in [0.1, 0.15) is 0 Å². The molecule has 3 nitrogen and oxygen atoms in total. The Bertz CT molecular complexity index is 363. The van der Waals surface area contributed by atoms with Gasteiger partial charge in [0.25, 0.3) is 0 Å². The maximum absolute atomic E-state index is 11.2. The van der Waals surface area contributed by atoms with Gasteiger partial charge in [0.2, 0.25) is 0 Å². The van der Waals surface area contributed by atoms with Crippen LogP contribution in [0, 0.1) is 5.92 Å². The molecule has 0 radical (unpaired) electrons. The molecule has 0 bridgehead atoms. The monoisotopic (exact) mass is 269 g/mol. The lowest BCUT2D eigenvalue weighted by Crippen LogP contribution is -2.18. The molecule has 0 aliphatic carbocycles. The van der Waals surface area contributed by atoms with Gasteiger partial charge in [-0.3, -0.25) is 4.79 Å². The Morgan fingerprint density at radius 2 is 2.00 bits per heavy atom. The van der Waals surface area contributed by atoms with Gasteiger partial charge in [0.15, 0.2) is 0 Å². The summed E-state index contributed by atoms with van der Waals surface area (Å²) < 4.78 is 5.08. The van der Waals surface area contributed by atoms with Crippen molar-refractivity contribution in [1.82, 2.24) is 5.32 Å². The van der Waals surface area contributed by atoms with Crippen molar-refractivity contribution in [2.75, 3.05) is 13.2 Å². The van der Waals surface area contributed by atoms with Crippen molar-refractivity contribution in [2.24, 2.45) is 5.92 Å². The lowest BCUT2D eigenvalue weighted by atomic mass is 10.2. The van der Waals surface area contributed by atoms with E-state index in [0.29, 0.717) is 6.61 Å². The molecule has 4 heteroatoms. The molecule has 0 aliphatic rings. The average Bonchev–Trinajstić information content (AvgIpc) is 2.35. The van der Waals surface area contributed by atoms with E-state index in [-0.39, 0.29) is 11.9 Å². The number of rotatable bonds is 7. The van der Waals surface area contributed by atoms with Crippen molar-refractivity contribution in [3.05, 3.63) is 34.9 Å². The molecule has 0 spiro atoms. The molecule has 18 heavy (non-hydrogen) atoms. The molecule has 0 atom stereocenters. The predicted molar refractivity (Wildman–Crippen MR) is 73.6 cm³/mol. The maximum atomic E-state index is 11.2. The summed E-state index contributed by atoms with van der Waals surface area (Å²) in [6.45, 7) is 5.77. The van der Waals surface area contributed by atoms with E-state index in [0.717, 1.165) is 24.5 Å². The Balaban J connectivity index is 2.05. The Morgan fingerprint density at radius 3 is 2.61 bits per heavy atom.